The van der Waals surface area contributed by atoms with E-state index in [0.29, 0.717) is 29.9 Å². The summed E-state index contributed by atoms with van der Waals surface area (Å²) in [5.74, 6) is -1.36. The van der Waals surface area contributed by atoms with Crippen molar-refractivity contribution in [1.29, 1.82) is 0 Å². The highest BCUT2D eigenvalue weighted by atomic mass is 19.1. The average Bonchev–Trinajstić information content (AvgIpc) is 3.23. The standard InChI is InChI=1S/C18H16FN3O3/c19-12-1-2-17-15(8-12)16(21-22(17)13-4-6-25-10-13)7-11-9-20-5-3-14(11)18(23)24/h1-3,5,8-9,13H,4,6-7,10H2,(H,23,24). The molecule has 1 aliphatic heterocycles. The molecule has 0 radical (unpaired) electrons. The van der Waals surface area contributed by atoms with Crippen LogP contribution in [0.25, 0.3) is 10.9 Å². The van der Waals surface area contributed by atoms with Crippen LogP contribution in [0, 0.1) is 5.82 Å². The van der Waals surface area contributed by atoms with Crippen molar-refractivity contribution in [1.82, 2.24) is 14.8 Å². The second kappa shape index (κ2) is 6.25. The Labute approximate surface area is 142 Å². The Balaban J connectivity index is 1.82. The number of fused-ring (bicyclic) bond motifs is 1. The van der Waals surface area contributed by atoms with Crippen molar-refractivity contribution in [3.8, 4) is 0 Å². The van der Waals surface area contributed by atoms with Gasteiger partial charge in [-0.2, -0.15) is 5.10 Å². The van der Waals surface area contributed by atoms with E-state index in [2.05, 4.69) is 10.1 Å². The summed E-state index contributed by atoms with van der Waals surface area (Å²) in [6.07, 6.45) is 4.09. The fourth-order valence-electron chi connectivity index (χ4n) is 3.26. The Morgan fingerprint density at radius 3 is 3.04 bits per heavy atom. The van der Waals surface area contributed by atoms with Gasteiger partial charge in [0.2, 0.25) is 0 Å². The van der Waals surface area contributed by atoms with Gasteiger partial charge in [0, 0.05) is 30.8 Å². The highest BCUT2D eigenvalue weighted by Gasteiger charge is 2.23. The van der Waals surface area contributed by atoms with Gasteiger partial charge in [0.05, 0.1) is 29.4 Å². The van der Waals surface area contributed by atoms with Crippen LogP contribution in [0.15, 0.2) is 36.7 Å². The lowest BCUT2D eigenvalue weighted by atomic mass is 10.0. The van der Waals surface area contributed by atoms with Crippen molar-refractivity contribution in [2.24, 2.45) is 0 Å². The molecule has 1 atom stereocenters. The van der Waals surface area contributed by atoms with Crippen molar-refractivity contribution < 1.29 is 19.0 Å². The SMILES string of the molecule is O=C(O)c1ccncc1Cc1nn(C2CCOC2)c2ccc(F)cc12. The summed E-state index contributed by atoms with van der Waals surface area (Å²) in [6.45, 7) is 1.25. The summed E-state index contributed by atoms with van der Waals surface area (Å²) in [4.78, 5) is 15.4. The van der Waals surface area contributed by atoms with Crippen LogP contribution in [0.2, 0.25) is 0 Å². The zero-order valence-electron chi connectivity index (χ0n) is 13.4. The maximum absolute atomic E-state index is 13.8. The number of ether oxygens (including phenoxy) is 1. The minimum atomic E-state index is -1.02. The lowest BCUT2D eigenvalue weighted by molar-refractivity contribution is 0.0695. The third kappa shape index (κ3) is 2.87. The molecule has 25 heavy (non-hydrogen) atoms. The van der Waals surface area contributed by atoms with Crippen LogP contribution in [0.5, 0.6) is 0 Å². The fourth-order valence-corrected chi connectivity index (χ4v) is 3.26. The van der Waals surface area contributed by atoms with E-state index in [-0.39, 0.29) is 23.8 Å². The predicted molar refractivity (Wildman–Crippen MR) is 88.2 cm³/mol. The number of halogens is 1. The summed E-state index contributed by atoms with van der Waals surface area (Å²) >= 11 is 0. The zero-order chi connectivity index (χ0) is 17.4. The van der Waals surface area contributed by atoms with E-state index in [1.165, 1.54) is 30.6 Å². The lowest BCUT2D eigenvalue weighted by Gasteiger charge is -2.09. The Morgan fingerprint density at radius 2 is 2.28 bits per heavy atom. The molecule has 128 valence electrons. The van der Waals surface area contributed by atoms with E-state index in [4.69, 9.17) is 4.74 Å². The van der Waals surface area contributed by atoms with Crippen LogP contribution in [-0.4, -0.2) is 39.1 Å². The molecular formula is C18H16FN3O3. The molecule has 1 aliphatic rings. The van der Waals surface area contributed by atoms with E-state index in [1.807, 2.05) is 4.68 Å². The van der Waals surface area contributed by atoms with Crippen molar-refractivity contribution in [2.75, 3.05) is 13.2 Å². The molecule has 0 bridgehead atoms. The van der Waals surface area contributed by atoms with Crippen LogP contribution in [0.4, 0.5) is 4.39 Å². The summed E-state index contributed by atoms with van der Waals surface area (Å²) in [6, 6.07) is 6.13. The smallest absolute Gasteiger partial charge is 0.336 e. The molecule has 2 aromatic heterocycles. The number of carbonyl (C=O) groups is 1. The van der Waals surface area contributed by atoms with Gasteiger partial charge in [-0.25, -0.2) is 9.18 Å². The number of benzene rings is 1. The van der Waals surface area contributed by atoms with E-state index >= 15 is 0 Å². The van der Waals surface area contributed by atoms with Crippen molar-refractivity contribution in [3.63, 3.8) is 0 Å². The van der Waals surface area contributed by atoms with Gasteiger partial charge >= 0.3 is 5.97 Å². The molecule has 1 N–H and O–H groups in total. The second-order valence-electron chi connectivity index (χ2n) is 6.08. The molecule has 4 rings (SSSR count). The Morgan fingerprint density at radius 1 is 1.40 bits per heavy atom. The van der Waals surface area contributed by atoms with Gasteiger partial charge in [0.15, 0.2) is 0 Å². The molecule has 0 saturated carbocycles. The summed E-state index contributed by atoms with van der Waals surface area (Å²) in [5, 5.41) is 14.7. The highest BCUT2D eigenvalue weighted by molar-refractivity contribution is 5.89. The van der Waals surface area contributed by atoms with Gasteiger partial charge in [-0.3, -0.25) is 9.67 Å². The highest BCUT2D eigenvalue weighted by Crippen LogP contribution is 2.28. The normalized spacial score (nSPS) is 17.2. The number of carboxylic acids is 1. The first-order valence-electron chi connectivity index (χ1n) is 8.04. The van der Waals surface area contributed by atoms with Gasteiger partial charge < -0.3 is 9.84 Å². The van der Waals surface area contributed by atoms with Gasteiger partial charge in [-0.15, -0.1) is 0 Å². The van der Waals surface area contributed by atoms with E-state index < -0.39 is 5.97 Å². The third-order valence-corrected chi connectivity index (χ3v) is 4.49. The van der Waals surface area contributed by atoms with Crippen LogP contribution < -0.4 is 0 Å². The minimum Gasteiger partial charge on any atom is -0.478 e. The van der Waals surface area contributed by atoms with Crippen molar-refractivity contribution in [2.45, 2.75) is 18.9 Å². The molecule has 1 fully saturated rings. The number of hydrogen-bond acceptors (Lipinski definition) is 4. The number of aromatic nitrogens is 3. The van der Waals surface area contributed by atoms with Crippen LogP contribution >= 0.6 is 0 Å². The van der Waals surface area contributed by atoms with Crippen molar-refractivity contribution >= 4 is 16.9 Å². The maximum atomic E-state index is 13.8. The molecule has 3 aromatic rings. The molecule has 3 heterocycles. The largest absolute Gasteiger partial charge is 0.478 e. The number of nitrogens with zero attached hydrogens (tertiary/aromatic N) is 3. The van der Waals surface area contributed by atoms with E-state index in [0.717, 1.165) is 11.9 Å². The molecule has 1 saturated heterocycles. The number of aromatic carboxylic acids is 1. The van der Waals surface area contributed by atoms with Gasteiger partial charge in [0.25, 0.3) is 0 Å². The van der Waals surface area contributed by atoms with Crippen molar-refractivity contribution in [3.05, 3.63) is 59.3 Å². The molecule has 0 spiro atoms. The van der Waals surface area contributed by atoms with Gasteiger partial charge in [-0.05, 0) is 36.2 Å². The van der Waals surface area contributed by atoms with Crippen LogP contribution in [-0.2, 0) is 11.2 Å². The molecular weight excluding hydrogens is 325 g/mol. The summed E-state index contributed by atoms with van der Waals surface area (Å²) in [7, 11) is 0. The van der Waals surface area contributed by atoms with Crippen LogP contribution in [0.3, 0.4) is 0 Å². The molecule has 0 amide bonds. The monoisotopic (exact) mass is 341 g/mol. The first-order chi connectivity index (χ1) is 12.1. The number of pyridine rings is 1. The molecule has 1 aromatic carbocycles. The Hall–Kier alpha value is -2.80. The first kappa shape index (κ1) is 15.7. The fraction of sp³-hybridized carbons (Fsp3) is 0.278. The first-order valence-corrected chi connectivity index (χ1v) is 8.04. The predicted octanol–water partition coefficient (Wildman–Crippen LogP) is 2.82. The Kier molecular flexibility index (Phi) is 3.93. The molecule has 0 aliphatic carbocycles. The molecule has 6 nitrogen and oxygen atoms in total. The quantitative estimate of drug-likeness (QED) is 0.789. The summed E-state index contributed by atoms with van der Waals surface area (Å²) in [5.41, 5.74) is 2.19. The molecule has 7 heteroatoms. The van der Waals surface area contributed by atoms with Gasteiger partial charge in [-0.1, -0.05) is 0 Å². The second-order valence-corrected chi connectivity index (χ2v) is 6.08. The zero-order valence-corrected chi connectivity index (χ0v) is 13.4. The maximum Gasteiger partial charge on any atom is 0.336 e. The number of rotatable bonds is 4. The minimum absolute atomic E-state index is 0.106. The number of hydrogen-bond donors (Lipinski definition) is 1. The Bertz CT molecular complexity index is 948. The topological polar surface area (TPSA) is 77.2 Å². The lowest BCUT2D eigenvalue weighted by Crippen LogP contribution is -2.11. The average molecular weight is 341 g/mol. The van der Waals surface area contributed by atoms with E-state index in [9.17, 15) is 14.3 Å². The van der Waals surface area contributed by atoms with Gasteiger partial charge in [0.1, 0.15) is 5.82 Å². The van der Waals surface area contributed by atoms with Crippen LogP contribution in [0.1, 0.15) is 34.1 Å². The number of carboxylic acid groups (broad SMARTS) is 1. The van der Waals surface area contributed by atoms with E-state index in [1.54, 1.807) is 6.07 Å². The molecule has 1 unspecified atom stereocenters. The third-order valence-electron chi connectivity index (χ3n) is 4.49. The summed E-state index contributed by atoms with van der Waals surface area (Å²) < 4.78 is 21.1.